The van der Waals surface area contributed by atoms with Gasteiger partial charge in [0, 0.05) is 18.9 Å². The summed E-state index contributed by atoms with van der Waals surface area (Å²) in [5, 5.41) is 3.61. The average Bonchev–Trinajstić information content (AvgIpc) is 2.73. The van der Waals surface area contributed by atoms with Crippen molar-refractivity contribution in [3.05, 3.63) is 17.7 Å². The first-order valence-electron chi connectivity index (χ1n) is 7.86. The van der Waals surface area contributed by atoms with Crippen LogP contribution in [0.2, 0.25) is 0 Å². The van der Waals surface area contributed by atoms with E-state index in [0.717, 1.165) is 24.7 Å². The number of nitrogens with zero attached hydrogens (tertiary/aromatic N) is 2. The van der Waals surface area contributed by atoms with Crippen LogP contribution in [0.1, 0.15) is 57.5 Å². The van der Waals surface area contributed by atoms with Crippen LogP contribution in [0.15, 0.2) is 6.20 Å². The van der Waals surface area contributed by atoms with Crippen molar-refractivity contribution in [2.45, 2.75) is 59.3 Å². The molecule has 0 fully saturated rings. The Kier molecular flexibility index (Phi) is 7.80. The first-order valence-corrected chi connectivity index (χ1v) is 7.86. The van der Waals surface area contributed by atoms with Gasteiger partial charge in [-0.15, -0.1) is 0 Å². The second kappa shape index (κ2) is 9.13. The van der Waals surface area contributed by atoms with Gasteiger partial charge in [0.1, 0.15) is 5.82 Å². The van der Waals surface area contributed by atoms with Gasteiger partial charge in [-0.2, -0.15) is 0 Å². The second-order valence-electron chi connectivity index (χ2n) is 5.58. The molecule has 0 saturated carbocycles. The molecule has 1 aromatic rings. The number of rotatable bonds is 10. The molecule has 1 unspecified atom stereocenters. The molecule has 0 aliphatic heterocycles. The van der Waals surface area contributed by atoms with E-state index in [-0.39, 0.29) is 0 Å². The van der Waals surface area contributed by atoms with Gasteiger partial charge in [0.05, 0.1) is 0 Å². The summed E-state index contributed by atoms with van der Waals surface area (Å²) in [7, 11) is 2.10. The van der Waals surface area contributed by atoms with Crippen molar-refractivity contribution in [1.29, 1.82) is 0 Å². The van der Waals surface area contributed by atoms with Gasteiger partial charge in [0.25, 0.3) is 0 Å². The smallest absolute Gasteiger partial charge is 0.105 e. The van der Waals surface area contributed by atoms with E-state index in [2.05, 4.69) is 42.7 Å². The van der Waals surface area contributed by atoms with Crippen LogP contribution in [-0.4, -0.2) is 22.6 Å². The van der Waals surface area contributed by atoms with Crippen molar-refractivity contribution in [2.75, 3.05) is 13.1 Å². The lowest BCUT2D eigenvalue weighted by atomic mass is 9.99. The van der Waals surface area contributed by atoms with Crippen molar-refractivity contribution in [1.82, 2.24) is 14.9 Å². The maximum absolute atomic E-state index is 4.33. The quantitative estimate of drug-likeness (QED) is 0.657. The Balaban J connectivity index is 2.12. The highest BCUT2D eigenvalue weighted by atomic mass is 15.0. The van der Waals surface area contributed by atoms with Crippen LogP contribution < -0.4 is 5.32 Å². The molecule has 0 aliphatic rings. The van der Waals surface area contributed by atoms with Crippen molar-refractivity contribution in [3.63, 3.8) is 0 Å². The highest BCUT2D eigenvalue weighted by Gasteiger charge is 2.05. The van der Waals surface area contributed by atoms with Crippen LogP contribution in [0.3, 0.4) is 0 Å². The molecule has 3 heteroatoms. The molecule has 0 radical (unpaired) electrons. The molecule has 0 amide bonds. The molecule has 0 aromatic carbocycles. The fraction of sp³-hybridized carbons (Fsp3) is 0.812. The van der Waals surface area contributed by atoms with E-state index in [1.165, 1.54) is 44.3 Å². The molecule has 0 spiro atoms. The zero-order valence-corrected chi connectivity index (χ0v) is 13.2. The molecule has 1 aromatic heterocycles. The molecule has 1 heterocycles. The topological polar surface area (TPSA) is 29.9 Å². The summed E-state index contributed by atoms with van der Waals surface area (Å²) in [6, 6.07) is 0. The predicted molar refractivity (Wildman–Crippen MR) is 82.4 cm³/mol. The number of hydrogen-bond donors (Lipinski definition) is 1. The normalized spacial score (nSPS) is 12.8. The number of hydrogen-bond acceptors (Lipinski definition) is 2. The Morgan fingerprint density at radius 1 is 1.32 bits per heavy atom. The molecule has 0 bridgehead atoms. The molecule has 19 heavy (non-hydrogen) atoms. The molecule has 110 valence electrons. The third-order valence-electron chi connectivity index (χ3n) is 4.08. The number of imidazole rings is 1. The Labute approximate surface area is 118 Å². The molecule has 1 atom stereocenters. The van der Waals surface area contributed by atoms with E-state index >= 15 is 0 Å². The van der Waals surface area contributed by atoms with Gasteiger partial charge in [-0.25, -0.2) is 4.98 Å². The highest BCUT2D eigenvalue weighted by Crippen LogP contribution is 2.11. The van der Waals surface area contributed by atoms with Gasteiger partial charge in [-0.05, 0) is 45.2 Å². The first-order chi connectivity index (χ1) is 9.19. The Bertz CT molecular complexity index is 344. The van der Waals surface area contributed by atoms with Crippen molar-refractivity contribution in [2.24, 2.45) is 13.0 Å². The number of nitrogens with one attached hydrogen (secondary N) is 1. The van der Waals surface area contributed by atoms with E-state index in [1.54, 1.807) is 0 Å². The third-order valence-corrected chi connectivity index (χ3v) is 4.08. The zero-order chi connectivity index (χ0) is 14.1. The number of aryl methyl sites for hydroxylation is 2. The Hall–Kier alpha value is -0.830. The van der Waals surface area contributed by atoms with Crippen molar-refractivity contribution >= 4 is 0 Å². The largest absolute Gasteiger partial charge is 0.335 e. The highest BCUT2D eigenvalue weighted by molar-refractivity contribution is 5.03. The Morgan fingerprint density at radius 2 is 2.11 bits per heavy atom. The molecule has 1 rings (SSSR count). The monoisotopic (exact) mass is 265 g/mol. The average molecular weight is 265 g/mol. The van der Waals surface area contributed by atoms with Gasteiger partial charge in [-0.1, -0.05) is 33.1 Å². The van der Waals surface area contributed by atoms with Crippen LogP contribution in [-0.2, 0) is 13.5 Å². The summed E-state index contributed by atoms with van der Waals surface area (Å²) in [5.41, 5.74) is 1.34. The van der Waals surface area contributed by atoms with Crippen molar-refractivity contribution < 1.29 is 0 Å². The molecule has 1 N–H and O–H groups in total. The number of unbranched alkanes of at least 4 members (excludes halogenated alkanes) is 1. The van der Waals surface area contributed by atoms with Crippen LogP contribution >= 0.6 is 0 Å². The lowest BCUT2D eigenvalue weighted by molar-refractivity contribution is 0.418. The summed E-state index contributed by atoms with van der Waals surface area (Å²) >= 11 is 0. The number of aromatic nitrogens is 2. The standard InChI is InChI=1S/C16H31N3/c1-5-7-9-15(6-2)12-17-11-8-10-16-13-18-14(3)19(16)4/h13,15,17H,5-12H2,1-4H3. The summed E-state index contributed by atoms with van der Waals surface area (Å²) in [4.78, 5) is 4.33. The van der Waals surface area contributed by atoms with E-state index < -0.39 is 0 Å². The van der Waals surface area contributed by atoms with Crippen LogP contribution in [0.25, 0.3) is 0 Å². The van der Waals surface area contributed by atoms with Gasteiger partial charge < -0.3 is 9.88 Å². The third kappa shape index (κ3) is 5.77. The molecule has 3 nitrogen and oxygen atoms in total. The minimum atomic E-state index is 0.860. The summed E-state index contributed by atoms with van der Waals surface area (Å²) < 4.78 is 2.19. The Morgan fingerprint density at radius 3 is 2.68 bits per heavy atom. The fourth-order valence-electron chi connectivity index (χ4n) is 2.43. The summed E-state index contributed by atoms with van der Waals surface area (Å²) in [5.74, 6) is 1.97. The van der Waals surface area contributed by atoms with Crippen LogP contribution in [0.5, 0.6) is 0 Å². The van der Waals surface area contributed by atoms with Gasteiger partial charge in [0.2, 0.25) is 0 Å². The summed E-state index contributed by atoms with van der Waals surface area (Å²) in [6.45, 7) is 8.94. The van der Waals surface area contributed by atoms with Crippen LogP contribution in [0.4, 0.5) is 0 Å². The summed E-state index contributed by atoms with van der Waals surface area (Å²) in [6.07, 6.45) is 9.68. The SMILES string of the molecule is CCCCC(CC)CNCCCc1cnc(C)n1C. The lowest BCUT2D eigenvalue weighted by Gasteiger charge is -2.15. The molecule has 0 aliphatic carbocycles. The van der Waals surface area contributed by atoms with E-state index in [9.17, 15) is 0 Å². The van der Waals surface area contributed by atoms with E-state index in [0.29, 0.717) is 0 Å². The van der Waals surface area contributed by atoms with Gasteiger partial charge in [0.15, 0.2) is 0 Å². The molecule has 0 saturated heterocycles. The molecular weight excluding hydrogens is 234 g/mol. The van der Waals surface area contributed by atoms with Crippen LogP contribution in [0, 0.1) is 12.8 Å². The zero-order valence-electron chi connectivity index (χ0n) is 13.2. The second-order valence-corrected chi connectivity index (χ2v) is 5.58. The first kappa shape index (κ1) is 16.2. The van der Waals surface area contributed by atoms with Gasteiger partial charge >= 0.3 is 0 Å². The molecular formula is C16H31N3. The van der Waals surface area contributed by atoms with Crippen molar-refractivity contribution in [3.8, 4) is 0 Å². The minimum Gasteiger partial charge on any atom is -0.335 e. The van der Waals surface area contributed by atoms with E-state index in [4.69, 9.17) is 0 Å². The van der Waals surface area contributed by atoms with Gasteiger partial charge in [-0.3, -0.25) is 0 Å². The lowest BCUT2D eigenvalue weighted by Crippen LogP contribution is -2.24. The fourth-order valence-corrected chi connectivity index (χ4v) is 2.43. The predicted octanol–water partition coefficient (Wildman–Crippen LogP) is 3.47. The maximum Gasteiger partial charge on any atom is 0.105 e. The maximum atomic E-state index is 4.33. The van der Waals surface area contributed by atoms with E-state index in [1.807, 2.05) is 6.20 Å². The minimum absolute atomic E-state index is 0.860.